The van der Waals surface area contributed by atoms with Crippen molar-refractivity contribution in [2.45, 2.75) is 6.10 Å². The molecule has 1 rings (SSSR count). The number of anilines is 1. The Balaban J connectivity index is 2.46. The van der Waals surface area contributed by atoms with E-state index in [1.165, 1.54) is 24.3 Å². The molecule has 0 aliphatic rings. The van der Waals surface area contributed by atoms with Gasteiger partial charge in [-0.3, -0.25) is 0 Å². The van der Waals surface area contributed by atoms with E-state index < -0.39 is 30.5 Å². The third-order valence-corrected chi connectivity index (χ3v) is 1.86. The van der Waals surface area contributed by atoms with Gasteiger partial charge in [0.25, 0.3) is 0 Å². The van der Waals surface area contributed by atoms with E-state index in [-0.39, 0.29) is 5.69 Å². The lowest BCUT2D eigenvalue weighted by molar-refractivity contribution is -0.146. The number of aliphatic carboxylic acids is 1. The number of carboxylic acids is 1. The van der Waals surface area contributed by atoms with E-state index in [0.29, 0.717) is 0 Å². The van der Waals surface area contributed by atoms with Crippen LogP contribution in [0.2, 0.25) is 0 Å². The highest BCUT2D eigenvalue weighted by atomic mass is 19.1. The second-order valence-electron chi connectivity index (χ2n) is 3.17. The Bertz CT molecular complexity index is 425. The van der Waals surface area contributed by atoms with E-state index in [4.69, 9.17) is 10.2 Å². The molecule has 7 heteroatoms. The van der Waals surface area contributed by atoms with Gasteiger partial charge in [-0.2, -0.15) is 0 Å². The Labute approximate surface area is 96.1 Å². The SMILES string of the molecule is O=C(NC[C@H](O)C(=O)O)Nc1ccccc1F. The first-order valence-electron chi connectivity index (χ1n) is 4.71. The minimum Gasteiger partial charge on any atom is -0.479 e. The van der Waals surface area contributed by atoms with Gasteiger partial charge in [-0.1, -0.05) is 12.1 Å². The van der Waals surface area contributed by atoms with E-state index in [1.54, 1.807) is 0 Å². The number of para-hydroxylation sites is 1. The quantitative estimate of drug-likeness (QED) is 0.614. The molecule has 0 aromatic heterocycles. The van der Waals surface area contributed by atoms with Crippen LogP contribution in [0.25, 0.3) is 0 Å². The highest BCUT2D eigenvalue weighted by Gasteiger charge is 2.14. The summed E-state index contributed by atoms with van der Waals surface area (Å²) in [4.78, 5) is 21.4. The zero-order valence-electron chi connectivity index (χ0n) is 8.68. The van der Waals surface area contributed by atoms with Crippen LogP contribution in [0, 0.1) is 5.82 Å². The Morgan fingerprint density at radius 2 is 2.00 bits per heavy atom. The highest BCUT2D eigenvalue weighted by molar-refractivity contribution is 5.89. The van der Waals surface area contributed by atoms with Crippen molar-refractivity contribution in [3.8, 4) is 0 Å². The van der Waals surface area contributed by atoms with Crippen LogP contribution in [0.15, 0.2) is 24.3 Å². The molecule has 1 atom stereocenters. The summed E-state index contributed by atoms with van der Waals surface area (Å²) in [6.07, 6.45) is -1.69. The first-order valence-corrected chi connectivity index (χ1v) is 4.71. The van der Waals surface area contributed by atoms with Crippen molar-refractivity contribution >= 4 is 17.7 Å². The Hall–Kier alpha value is -2.15. The summed E-state index contributed by atoms with van der Waals surface area (Å²) < 4.78 is 13.1. The second kappa shape index (κ2) is 5.80. The number of rotatable bonds is 4. The number of urea groups is 1. The number of carboxylic acid groups (broad SMARTS) is 1. The van der Waals surface area contributed by atoms with Crippen LogP contribution in [-0.2, 0) is 4.79 Å². The topological polar surface area (TPSA) is 98.7 Å². The maximum atomic E-state index is 13.1. The van der Waals surface area contributed by atoms with E-state index in [1.807, 2.05) is 0 Å². The van der Waals surface area contributed by atoms with Gasteiger partial charge in [0.05, 0.1) is 12.2 Å². The summed E-state index contributed by atoms with van der Waals surface area (Å²) in [7, 11) is 0. The molecule has 17 heavy (non-hydrogen) atoms. The van der Waals surface area contributed by atoms with Crippen molar-refractivity contribution in [3.05, 3.63) is 30.1 Å². The Morgan fingerprint density at radius 1 is 1.35 bits per heavy atom. The molecule has 1 aromatic carbocycles. The van der Waals surface area contributed by atoms with E-state index in [0.717, 1.165) is 0 Å². The van der Waals surface area contributed by atoms with Gasteiger partial charge in [0.1, 0.15) is 5.82 Å². The van der Waals surface area contributed by atoms with Gasteiger partial charge >= 0.3 is 12.0 Å². The molecule has 0 aliphatic heterocycles. The van der Waals surface area contributed by atoms with Gasteiger partial charge in [-0.05, 0) is 12.1 Å². The zero-order valence-corrected chi connectivity index (χ0v) is 8.68. The van der Waals surface area contributed by atoms with Crippen molar-refractivity contribution in [2.75, 3.05) is 11.9 Å². The molecule has 4 N–H and O–H groups in total. The van der Waals surface area contributed by atoms with Crippen LogP contribution in [0.3, 0.4) is 0 Å². The van der Waals surface area contributed by atoms with Crippen molar-refractivity contribution in [1.82, 2.24) is 5.32 Å². The van der Waals surface area contributed by atoms with Crippen LogP contribution in [0.1, 0.15) is 0 Å². The van der Waals surface area contributed by atoms with Crippen molar-refractivity contribution in [2.24, 2.45) is 0 Å². The maximum absolute atomic E-state index is 13.1. The number of carbonyl (C=O) groups excluding carboxylic acids is 1. The van der Waals surface area contributed by atoms with Gasteiger partial charge in [-0.25, -0.2) is 14.0 Å². The van der Waals surface area contributed by atoms with Gasteiger partial charge in [0.15, 0.2) is 6.10 Å². The second-order valence-corrected chi connectivity index (χ2v) is 3.17. The summed E-state index contributed by atoms with van der Waals surface area (Å²) in [5.41, 5.74) is -0.0326. The number of aliphatic hydroxyl groups is 1. The van der Waals surface area contributed by atoms with E-state index in [9.17, 15) is 14.0 Å². The Morgan fingerprint density at radius 3 is 2.59 bits per heavy atom. The first-order chi connectivity index (χ1) is 8.00. The summed E-state index contributed by atoms with van der Waals surface area (Å²) in [5.74, 6) is -2.06. The monoisotopic (exact) mass is 242 g/mol. The fraction of sp³-hybridized carbons (Fsp3) is 0.200. The lowest BCUT2D eigenvalue weighted by Gasteiger charge is -2.09. The van der Waals surface area contributed by atoms with Gasteiger partial charge in [0, 0.05) is 0 Å². The largest absolute Gasteiger partial charge is 0.479 e. The molecule has 0 bridgehead atoms. The molecule has 0 saturated carbocycles. The van der Waals surface area contributed by atoms with Gasteiger partial charge < -0.3 is 20.8 Å². The summed E-state index contributed by atoms with van der Waals surface area (Å²) in [5, 5.41) is 21.5. The fourth-order valence-corrected chi connectivity index (χ4v) is 1.01. The van der Waals surface area contributed by atoms with Gasteiger partial charge in [-0.15, -0.1) is 0 Å². The fourth-order valence-electron chi connectivity index (χ4n) is 1.01. The van der Waals surface area contributed by atoms with Crippen LogP contribution in [0.4, 0.5) is 14.9 Å². The number of nitrogens with one attached hydrogen (secondary N) is 2. The molecule has 0 saturated heterocycles. The van der Waals surface area contributed by atoms with Crippen molar-refractivity contribution < 1.29 is 24.2 Å². The number of hydrogen-bond acceptors (Lipinski definition) is 3. The van der Waals surface area contributed by atoms with Crippen molar-refractivity contribution in [3.63, 3.8) is 0 Å². The average molecular weight is 242 g/mol. The molecule has 0 aliphatic carbocycles. The lowest BCUT2D eigenvalue weighted by atomic mass is 10.3. The maximum Gasteiger partial charge on any atom is 0.334 e. The van der Waals surface area contributed by atoms with Crippen LogP contribution < -0.4 is 10.6 Å². The average Bonchev–Trinajstić information content (AvgIpc) is 2.29. The zero-order chi connectivity index (χ0) is 12.8. The predicted molar refractivity (Wildman–Crippen MR) is 57.1 cm³/mol. The summed E-state index contributed by atoms with van der Waals surface area (Å²) in [6, 6.07) is 4.72. The standard InChI is InChI=1S/C10H11FN2O4/c11-6-3-1-2-4-7(6)13-10(17)12-5-8(14)9(15)16/h1-4,8,14H,5H2,(H,15,16)(H2,12,13,17)/t8-/m0/s1. The highest BCUT2D eigenvalue weighted by Crippen LogP contribution is 2.11. The predicted octanol–water partition coefficient (Wildman–Crippen LogP) is 0.393. The molecule has 0 radical (unpaired) electrons. The first kappa shape index (κ1) is 12.9. The number of carbonyl (C=O) groups is 2. The molecular formula is C10H11FN2O4. The van der Waals surface area contributed by atoms with E-state index in [2.05, 4.69) is 10.6 Å². The minimum absolute atomic E-state index is 0.0326. The molecule has 0 heterocycles. The normalized spacial score (nSPS) is 11.6. The molecule has 6 nitrogen and oxygen atoms in total. The lowest BCUT2D eigenvalue weighted by Crippen LogP contribution is -2.38. The number of hydrogen-bond donors (Lipinski definition) is 4. The Kier molecular flexibility index (Phi) is 4.41. The third kappa shape index (κ3) is 4.07. The third-order valence-electron chi connectivity index (χ3n) is 1.86. The smallest absolute Gasteiger partial charge is 0.334 e. The molecule has 0 fully saturated rings. The number of benzene rings is 1. The molecule has 2 amide bonds. The molecule has 1 aromatic rings. The van der Waals surface area contributed by atoms with Crippen LogP contribution in [-0.4, -0.2) is 34.9 Å². The summed E-state index contributed by atoms with van der Waals surface area (Å²) in [6.45, 7) is -0.463. The van der Waals surface area contributed by atoms with Crippen molar-refractivity contribution in [1.29, 1.82) is 0 Å². The van der Waals surface area contributed by atoms with E-state index >= 15 is 0 Å². The number of halogens is 1. The molecule has 0 unspecified atom stereocenters. The van der Waals surface area contributed by atoms with Crippen LogP contribution in [0.5, 0.6) is 0 Å². The molecule has 0 spiro atoms. The molecule has 92 valence electrons. The number of aliphatic hydroxyl groups excluding tert-OH is 1. The number of amides is 2. The summed E-state index contributed by atoms with van der Waals surface area (Å²) >= 11 is 0. The van der Waals surface area contributed by atoms with Crippen LogP contribution >= 0.6 is 0 Å². The minimum atomic E-state index is -1.69. The molecular weight excluding hydrogens is 231 g/mol. The van der Waals surface area contributed by atoms with Gasteiger partial charge in [0.2, 0.25) is 0 Å².